The molecule has 0 aromatic heterocycles. The summed E-state index contributed by atoms with van der Waals surface area (Å²) in [6, 6.07) is 10.5. The van der Waals surface area contributed by atoms with Gasteiger partial charge < -0.3 is 5.11 Å². The van der Waals surface area contributed by atoms with E-state index in [1.165, 1.54) is 12.0 Å². The van der Waals surface area contributed by atoms with Gasteiger partial charge in [-0.15, -0.1) is 0 Å². The quantitative estimate of drug-likeness (QED) is 0.840. The Kier molecular flexibility index (Phi) is 3.88. The van der Waals surface area contributed by atoms with E-state index >= 15 is 0 Å². The van der Waals surface area contributed by atoms with Gasteiger partial charge in [-0.2, -0.15) is 0 Å². The van der Waals surface area contributed by atoms with Gasteiger partial charge in [-0.3, -0.25) is 0 Å². The molecule has 0 heterocycles. The lowest BCUT2D eigenvalue weighted by Crippen LogP contribution is -2.38. The monoisotopic (exact) mass is 232 g/mol. The molecule has 0 amide bonds. The van der Waals surface area contributed by atoms with Crippen molar-refractivity contribution in [3.63, 3.8) is 0 Å². The standard InChI is InChI=1S/C16H24O/c1-13-10-14(2)12-16(17,11-13)9-8-15-6-4-3-5-7-15/h3-7,13-14,17H,8-12H2,1-2H3. The molecule has 1 heteroatoms. The molecular formula is C16H24O. The van der Waals surface area contributed by atoms with Crippen molar-refractivity contribution in [1.82, 2.24) is 0 Å². The van der Waals surface area contributed by atoms with Crippen molar-refractivity contribution < 1.29 is 5.11 Å². The number of benzene rings is 1. The van der Waals surface area contributed by atoms with Crippen LogP contribution in [0.1, 0.15) is 45.1 Å². The normalized spacial score (nSPS) is 33.6. The SMILES string of the molecule is CC1CC(C)CC(O)(CCc2ccccc2)C1. The second kappa shape index (κ2) is 5.22. The molecule has 1 fully saturated rings. The largest absolute Gasteiger partial charge is 0.390 e. The van der Waals surface area contributed by atoms with Crippen molar-refractivity contribution in [2.45, 2.75) is 51.6 Å². The molecule has 1 aromatic rings. The molecule has 0 aliphatic heterocycles. The predicted molar refractivity (Wildman–Crippen MR) is 71.9 cm³/mol. The van der Waals surface area contributed by atoms with Crippen LogP contribution in [0, 0.1) is 11.8 Å². The summed E-state index contributed by atoms with van der Waals surface area (Å²) in [6.07, 6.45) is 5.13. The van der Waals surface area contributed by atoms with Gasteiger partial charge in [0.25, 0.3) is 0 Å². The Hall–Kier alpha value is -0.820. The summed E-state index contributed by atoms with van der Waals surface area (Å²) in [5.41, 5.74) is 0.916. The fraction of sp³-hybridized carbons (Fsp3) is 0.625. The van der Waals surface area contributed by atoms with Gasteiger partial charge in [0, 0.05) is 0 Å². The van der Waals surface area contributed by atoms with E-state index in [0.29, 0.717) is 11.8 Å². The second-order valence-electron chi connectivity index (χ2n) is 6.06. The highest BCUT2D eigenvalue weighted by Crippen LogP contribution is 2.38. The lowest BCUT2D eigenvalue weighted by Gasteiger charge is -2.39. The lowest BCUT2D eigenvalue weighted by molar-refractivity contribution is -0.0372. The van der Waals surface area contributed by atoms with Crippen LogP contribution in [0.25, 0.3) is 0 Å². The highest BCUT2D eigenvalue weighted by Gasteiger charge is 2.35. The smallest absolute Gasteiger partial charge is 0.0656 e. The number of hydrogen-bond acceptors (Lipinski definition) is 1. The van der Waals surface area contributed by atoms with Gasteiger partial charge in [0.1, 0.15) is 0 Å². The first-order chi connectivity index (χ1) is 8.07. The third-order valence-electron chi connectivity index (χ3n) is 3.98. The van der Waals surface area contributed by atoms with Crippen molar-refractivity contribution >= 4 is 0 Å². The van der Waals surface area contributed by atoms with Crippen LogP contribution in [-0.2, 0) is 6.42 Å². The fourth-order valence-corrected chi connectivity index (χ4v) is 3.46. The van der Waals surface area contributed by atoms with Crippen LogP contribution in [0.4, 0.5) is 0 Å². The van der Waals surface area contributed by atoms with Crippen LogP contribution in [0.5, 0.6) is 0 Å². The minimum absolute atomic E-state index is 0.424. The highest BCUT2D eigenvalue weighted by molar-refractivity contribution is 5.15. The van der Waals surface area contributed by atoms with Gasteiger partial charge in [0.2, 0.25) is 0 Å². The summed E-state index contributed by atoms with van der Waals surface area (Å²) in [4.78, 5) is 0. The van der Waals surface area contributed by atoms with Gasteiger partial charge in [-0.25, -0.2) is 0 Å². The topological polar surface area (TPSA) is 20.2 Å². The molecule has 2 unspecified atom stereocenters. The van der Waals surface area contributed by atoms with Crippen LogP contribution in [0.2, 0.25) is 0 Å². The summed E-state index contributed by atoms with van der Waals surface area (Å²) < 4.78 is 0. The predicted octanol–water partition coefficient (Wildman–Crippen LogP) is 3.81. The maximum Gasteiger partial charge on any atom is 0.0656 e. The first-order valence-corrected chi connectivity index (χ1v) is 6.84. The average Bonchev–Trinajstić information content (AvgIpc) is 2.26. The van der Waals surface area contributed by atoms with Crippen molar-refractivity contribution in [1.29, 1.82) is 0 Å². The molecule has 0 bridgehead atoms. The first-order valence-electron chi connectivity index (χ1n) is 6.84. The summed E-state index contributed by atoms with van der Waals surface area (Å²) in [6.45, 7) is 4.53. The van der Waals surface area contributed by atoms with E-state index < -0.39 is 5.60 Å². The molecule has 2 atom stereocenters. The molecule has 1 saturated carbocycles. The second-order valence-corrected chi connectivity index (χ2v) is 6.06. The molecule has 0 radical (unpaired) electrons. The van der Waals surface area contributed by atoms with E-state index in [4.69, 9.17) is 0 Å². The van der Waals surface area contributed by atoms with Crippen LogP contribution in [0.15, 0.2) is 30.3 Å². The van der Waals surface area contributed by atoms with Crippen LogP contribution in [-0.4, -0.2) is 10.7 Å². The zero-order valence-corrected chi connectivity index (χ0v) is 11.0. The maximum absolute atomic E-state index is 10.7. The molecule has 0 spiro atoms. The molecule has 17 heavy (non-hydrogen) atoms. The molecule has 2 rings (SSSR count). The van der Waals surface area contributed by atoms with Gasteiger partial charge in [-0.1, -0.05) is 44.2 Å². The fourth-order valence-electron chi connectivity index (χ4n) is 3.46. The summed E-state index contributed by atoms with van der Waals surface area (Å²) in [5, 5.41) is 10.7. The zero-order valence-electron chi connectivity index (χ0n) is 11.0. The number of aliphatic hydroxyl groups is 1. The minimum atomic E-state index is -0.424. The Balaban J connectivity index is 1.93. The maximum atomic E-state index is 10.7. The summed E-state index contributed by atoms with van der Waals surface area (Å²) in [5.74, 6) is 1.33. The van der Waals surface area contributed by atoms with Gasteiger partial charge >= 0.3 is 0 Å². The number of rotatable bonds is 3. The lowest BCUT2D eigenvalue weighted by atomic mass is 9.71. The molecule has 1 N–H and O–H groups in total. The van der Waals surface area contributed by atoms with E-state index in [9.17, 15) is 5.11 Å². The van der Waals surface area contributed by atoms with Gasteiger partial charge in [0.05, 0.1) is 5.60 Å². The van der Waals surface area contributed by atoms with Gasteiger partial charge in [-0.05, 0) is 49.5 Å². The van der Waals surface area contributed by atoms with Crippen LogP contribution >= 0.6 is 0 Å². The Morgan fingerprint density at radius 2 is 1.71 bits per heavy atom. The Labute approximate surface area is 105 Å². The zero-order chi connectivity index (χ0) is 12.3. The van der Waals surface area contributed by atoms with Crippen molar-refractivity contribution in [2.24, 2.45) is 11.8 Å². The highest BCUT2D eigenvalue weighted by atomic mass is 16.3. The Morgan fingerprint density at radius 3 is 2.29 bits per heavy atom. The minimum Gasteiger partial charge on any atom is -0.390 e. The summed E-state index contributed by atoms with van der Waals surface area (Å²) >= 11 is 0. The average molecular weight is 232 g/mol. The van der Waals surface area contributed by atoms with Crippen molar-refractivity contribution in [2.75, 3.05) is 0 Å². The van der Waals surface area contributed by atoms with E-state index in [-0.39, 0.29) is 0 Å². The van der Waals surface area contributed by atoms with E-state index in [1.807, 2.05) is 6.07 Å². The summed E-state index contributed by atoms with van der Waals surface area (Å²) in [7, 11) is 0. The first kappa shape index (κ1) is 12.6. The third-order valence-corrected chi connectivity index (χ3v) is 3.98. The molecule has 1 aromatic carbocycles. The molecule has 0 saturated heterocycles. The molecule has 1 nitrogen and oxygen atoms in total. The Morgan fingerprint density at radius 1 is 1.12 bits per heavy atom. The molecule has 1 aliphatic carbocycles. The Bertz CT molecular complexity index is 334. The van der Waals surface area contributed by atoms with Crippen LogP contribution in [0.3, 0.4) is 0 Å². The van der Waals surface area contributed by atoms with E-state index in [2.05, 4.69) is 38.1 Å². The third kappa shape index (κ3) is 3.57. The molecular weight excluding hydrogens is 208 g/mol. The van der Waals surface area contributed by atoms with Gasteiger partial charge in [0.15, 0.2) is 0 Å². The molecule has 94 valence electrons. The van der Waals surface area contributed by atoms with E-state index in [1.54, 1.807) is 0 Å². The molecule has 1 aliphatic rings. The van der Waals surface area contributed by atoms with Crippen LogP contribution < -0.4 is 0 Å². The number of hydrogen-bond donors (Lipinski definition) is 1. The van der Waals surface area contributed by atoms with Crippen molar-refractivity contribution in [3.8, 4) is 0 Å². The van der Waals surface area contributed by atoms with E-state index in [0.717, 1.165) is 25.7 Å². The van der Waals surface area contributed by atoms with Crippen molar-refractivity contribution in [3.05, 3.63) is 35.9 Å². The number of aryl methyl sites for hydroxylation is 1.